The zero-order chi connectivity index (χ0) is 90.6. The molecule has 0 radical (unpaired) electrons. The predicted octanol–water partition coefficient (Wildman–Crippen LogP) is 37.0. The second-order valence-corrected chi connectivity index (χ2v) is 39.2. The molecule has 0 aliphatic carbocycles. The maximum absolute atomic E-state index is 2.65. The number of para-hydroxylation sites is 4. The molecule has 0 amide bonds. The summed E-state index contributed by atoms with van der Waals surface area (Å²) in [6.45, 7) is 27.9. The molecule has 0 aliphatic rings. The summed E-state index contributed by atoms with van der Waals surface area (Å²) in [4.78, 5) is 10.6. The van der Waals surface area contributed by atoms with Gasteiger partial charge in [0, 0.05) is 99.6 Å². The highest BCUT2D eigenvalue weighted by atomic mass is 15.2. The SMILES string of the molecule is CC(C)(C)c1ccc(N(c2c(-c3ccccc3)cccc2-c2ccccc2)c2cc(N(c3ccc(C(C)(C)C)cc3)c3c(-c4ccccc4)cccc3-c3ccccc3)c3ccc4c(N(c5ccc(C(C)(C)C)cc5)c5c(-c6ccccc6)cccc5-c5ccccc5)cc(N(c5ccc(C(C)(C)C)cc5)c5c(-c6ccccc6)cccc5-c5ccccc5)c5ccc2c3c54)cc1. The summed E-state index contributed by atoms with van der Waals surface area (Å²) in [6.07, 6.45) is 0. The first kappa shape index (κ1) is 84.8. The molecule has 0 atom stereocenters. The minimum Gasteiger partial charge on any atom is -0.309 e. The summed E-state index contributed by atoms with van der Waals surface area (Å²) in [5.41, 5.74) is 33.9. The Kier molecular flexibility index (Phi) is 22.4. The molecule has 0 heterocycles. The monoisotopic (exact) mass is 1700 g/mol. The van der Waals surface area contributed by atoms with Crippen molar-refractivity contribution in [3.63, 3.8) is 0 Å². The van der Waals surface area contributed by atoms with E-state index in [1.165, 1.54) is 22.3 Å². The van der Waals surface area contributed by atoms with Gasteiger partial charge in [-0.1, -0.05) is 471 Å². The highest BCUT2D eigenvalue weighted by Crippen LogP contribution is 2.61. The Morgan fingerprint density at radius 3 is 0.424 bits per heavy atom. The zero-order valence-corrected chi connectivity index (χ0v) is 77.5. The molecule has 4 heteroatoms. The van der Waals surface area contributed by atoms with Gasteiger partial charge in [-0.2, -0.15) is 0 Å². The van der Waals surface area contributed by atoms with Crippen molar-refractivity contribution >= 4 is 101 Å². The van der Waals surface area contributed by atoms with Crippen molar-refractivity contribution in [1.29, 1.82) is 0 Å². The average molecular weight is 1700 g/mol. The normalized spacial score (nSPS) is 11.9. The summed E-state index contributed by atoms with van der Waals surface area (Å²) in [6, 6.07) is 170. The number of anilines is 12. The van der Waals surface area contributed by atoms with E-state index in [2.05, 4.69) is 552 Å². The standard InChI is InChI=1S/C128H110N4/c1-125(2,3)95-65-73-99(74-66-95)129(121-103(87-41-21-13-22-42-87)57-37-58-104(121)88-43-23-14-24-44-88)115-85-116(130(100-75-67-96(68-76-100)126(4,5)6)122-105(89-45-25-15-26-46-89)59-38-60-106(122)90-47-27-16-28-48-90)112-83-84-114-118(132(102-79-71-98(72-80-102)128(10,11)12)124-109(93-53-33-19-34-54-93)63-40-64-110(124)94-55-35-20-36-56-94)86-117(113-82-81-111(115)119(112)120(113)114)131(101-77-69-97(70-78-101)127(7,8)9)123-107(91-49-29-17-30-50-91)61-39-62-108(123)92-51-31-18-32-52-92/h13-86H,1-12H3. The molecule has 0 saturated heterocycles. The Morgan fingerprint density at radius 2 is 0.288 bits per heavy atom. The van der Waals surface area contributed by atoms with Crippen LogP contribution in [0.5, 0.6) is 0 Å². The summed E-state index contributed by atoms with van der Waals surface area (Å²) in [7, 11) is 0. The largest absolute Gasteiger partial charge is 0.309 e. The van der Waals surface area contributed by atoms with Crippen LogP contribution in [0, 0.1) is 0 Å². The molecule has 0 aliphatic heterocycles. The van der Waals surface area contributed by atoms with Crippen molar-refractivity contribution in [3.8, 4) is 89.0 Å². The third-order valence-corrected chi connectivity index (χ3v) is 26.5. The van der Waals surface area contributed by atoms with Crippen LogP contribution in [-0.2, 0) is 21.7 Å². The van der Waals surface area contributed by atoms with Crippen LogP contribution in [0.4, 0.5) is 68.2 Å². The van der Waals surface area contributed by atoms with E-state index in [9.17, 15) is 0 Å². The van der Waals surface area contributed by atoms with Crippen molar-refractivity contribution in [2.24, 2.45) is 0 Å². The molecule has 0 N–H and O–H groups in total. The van der Waals surface area contributed by atoms with Crippen LogP contribution in [0.1, 0.15) is 105 Å². The summed E-state index contributed by atoms with van der Waals surface area (Å²) < 4.78 is 0. The molecule has 642 valence electrons. The van der Waals surface area contributed by atoms with Gasteiger partial charge in [-0.15, -0.1) is 0 Å². The molecule has 0 saturated carbocycles. The van der Waals surface area contributed by atoms with Crippen molar-refractivity contribution in [1.82, 2.24) is 0 Å². The third kappa shape index (κ3) is 16.2. The molecule has 4 nitrogen and oxygen atoms in total. The van der Waals surface area contributed by atoms with Crippen LogP contribution in [0.25, 0.3) is 121 Å². The topological polar surface area (TPSA) is 13.0 Å². The number of benzene rings is 20. The van der Waals surface area contributed by atoms with Gasteiger partial charge in [0.25, 0.3) is 0 Å². The van der Waals surface area contributed by atoms with Gasteiger partial charge in [0.1, 0.15) is 0 Å². The molecule has 0 fully saturated rings. The van der Waals surface area contributed by atoms with E-state index in [4.69, 9.17) is 0 Å². The molecular formula is C128H110N4. The van der Waals surface area contributed by atoms with Crippen LogP contribution in [-0.4, -0.2) is 0 Å². The molecule has 20 aromatic rings. The lowest BCUT2D eigenvalue weighted by Gasteiger charge is -2.37. The van der Waals surface area contributed by atoms with Crippen molar-refractivity contribution in [2.45, 2.75) is 105 Å². The quantitative estimate of drug-likeness (QED) is 0.0705. The highest BCUT2D eigenvalue weighted by molar-refractivity contribution is 6.34. The van der Waals surface area contributed by atoms with E-state index in [0.717, 1.165) is 190 Å². The van der Waals surface area contributed by atoms with Crippen LogP contribution in [0.3, 0.4) is 0 Å². The Balaban J connectivity index is 1.06. The minimum atomic E-state index is -0.167. The van der Waals surface area contributed by atoms with Crippen LogP contribution < -0.4 is 19.6 Å². The molecule has 132 heavy (non-hydrogen) atoms. The van der Waals surface area contributed by atoms with Gasteiger partial charge >= 0.3 is 0 Å². The molecular weight excluding hydrogens is 1590 g/mol. The first-order valence-electron chi connectivity index (χ1n) is 46.5. The average Bonchev–Trinajstić information content (AvgIpc) is 0.692. The maximum Gasteiger partial charge on any atom is 0.0618 e. The van der Waals surface area contributed by atoms with E-state index in [0.29, 0.717) is 0 Å². The lowest BCUT2D eigenvalue weighted by Crippen LogP contribution is -2.19. The zero-order valence-electron chi connectivity index (χ0n) is 77.5. The fourth-order valence-corrected chi connectivity index (χ4v) is 19.6. The Labute approximate surface area is 779 Å². The van der Waals surface area contributed by atoms with Crippen LogP contribution >= 0.6 is 0 Å². The van der Waals surface area contributed by atoms with E-state index < -0.39 is 0 Å². The molecule has 0 bridgehead atoms. The number of hydrogen-bond acceptors (Lipinski definition) is 4. The molecule has 20 rings (SSSR count). The smallest absolute Gasteiger partial charge is 0.0618 e. The maximum atomic E-state index is 2.65. The summed E-state index contributed by atoms with van der Waals surface area (Å²) >= 11 is 0. The van der Waals surface area contributed by atoms with Crippen LogP contribution in [0.2, 0.25) is 0 Å². The van der Waals surface area contributed by atoms with Gasteiger partial charge in [-0.25, -0.2) is 0 Å². The van der Waals surface area contributed by atoms with Gasteiger partial charge in [0.15, 0.2) is 0 Å². The van der Waals surface area contributed by atoms with Crippen LogP contribution in [0.15, 0.2) is 449 Å². The van der Waals surface area contributed by atoms with E-state index >= 15 is 0 Å². The fourth-order valence-electron chi connectivity index (χ4n) is 19.6. The Morgan fingerprint density at radius 1 is 0.144 bits per heavy atom. The van der Waals surface area contributed by atoms with Crippen molar-refractivity contribution < 1.29 is 0 Å². The summed E-state index contributed by atoms with van der Waals surface area (Å²) in [5.74, 6) is 0. The summed E-state index contributed by atoms with van der Waals surface area (Å²) in [5, 5.41) is 6.43. The van der Waals surface area contributed by atoms with Crippen molar-refractivity contribution in [3.05, 3.63) is 471 Å². The molecule has 0 unspecified atom stereocenters. The van der Waals surface area contributed by atoms with E-state index in [1.807, 2.05) is 0 Å². The van der Waals surface area contributed by atoms with Gasteiger partial charge in [0.05, 0.1) is 45.5 Å². The number of nitrogens with zero attached hydrogens (tertiary/aromatic N) is 4. The predicted molar refractivity (Wildman–Crippen MR) is 567 cm³/mol. The Hall–Kier alpha value is -15.4. The third-order valence-electron chi connectivity index (χ3n) is 26.5. The highest BCUT2D eigenvalue weighted by Gasteiger charge is 2.36. The first-order chi connectivity index (χ1) is 64.1. The second-order valence-electron chi connectivity index (χ2n) is 39.2. The van der Waals surface area contributed by atoms with E-state index in [-0.39, 0.29) is 21.7 Å². The minimum absolute atomic E-state index is 0.167. The molecule has 0 aromatic heterocycles. The number of rotatable bonds is 20. The van der Waals surface area contributed by atoms with Gasteiger partial charge < -0.3 is 19.6 Å². The van der Waals surface area contributed by atoms with Gasteiger partial charge in [-0.3, -0.25) is 0 Å². The fraction of sp³-hybridized carbons (Fsp3) is 0.125. The van der Waals surface area contributed by atoms with Crippen molar-refractivity contribution in [2.75, 3.05) is 19.6 Å². The number of hydrogen-bond donors (Lipinski definition) is 0. The lowest BCUT2D eigenvalue weighted by molar-refractivity contribution is 0.590. The van der Waals surface area contributed by atoms with Gasteiger partial charge in [-0.05, 0) is 149 Å². The molecule has 20 aromatic carbocycles. The second kappa shape index (κ2) is 34.9. The first-order valence-corrected chi connectivity index (χ1v) is 46.5. The van der Waals surface area contributed by atoms with Gasteiger partial charge in [0.2, 0.25) is 0 Å². The van der Waals surface area contributed by atoms with E-state index in [1.54, 1.807) is 0 Å². The lowest BCUT2D eigenvalue weighted by atomic mass is 9.85. The molecule has 0 spiro atoms. The Bertz CT molecular complexity index is 6370.